The van der Waals surface area contributed by atoms with Crippen LogP contribution >= 0.6 is 0 Å². The normalized spacial score (nSPS) is 23.8. The van der Waals surface area contributed by atoms with Gasteiger partial charge in [0, 0.05) is 45.5 Å². The maximum atomic E-state index is 13.2. The molecule has 0 N–H and O–H groups in total. The van der Waals surface area contributed by atoms with E-state index < -0.39 is 0 Å². The summed E-state index contributed by atoms with van der Waals surface area (Å²) in [4.78, 5) is 33.9. The lowest BCUT2D eigenvalue weighted by Gasteiger charge is -2.30. The summed E-state index contributed by atoms with van der Waals surface area (Å²) in [6.45, 7) is 6.29. The van der Waals surface area contributed by atoms with E-state index in [2.05, 4.69) is 11.9 Å². The van der Waals surface area contributed by atoms with Gasteiger partial charge in [-0.15, -0.1) is 0 Å². The van der Waals surface area contributed by atoms with E-state index in [0.717, 1.165) is 25.3 Å². The first-order chi connectivity index (χ1) is 11.6. The van der Waals surface area contributed by atoms with Gasteiger partial charge in [-0.25, -0.2) is 4.98 Å². The Labute approximate surface area is 143 Å². The molecule has 1 aliphatic carbocycles. The Kier molecular flexibility index (Phi) is 4.92. The van der Waals surface area contributed by atoms with E-state index in [9.17, 15) is 9.59 Å². The molecule has 3 rings (SSSR count). The van der Waals surface area contributed by atoms with E-state index in [-0.39, 0.29) is 23.8 Å². The number of aromatic nitrogens is 2. The number of hydrogen-bond donors (Lipinski definition) is 0. The number of rotatable bonds is 7. The van der Waals surface area contributed by atoms with Crippen molar-refractivity contribution in [3.63, 3.8) is 0 Å². The van der Waals surface area contributed by atoms with Crippen molar-refractivity contribution in [1.29, 1.82) is 0 Å². The number of carbonyl (C=O) groups excluding carboxylic acids is 2. The molecule has 1 saturated heterocycles. The summed E-state index contributed by atoms with van der Waals surface area (Å²) in [5.41, 5.74) is 0. The third-order valence-electron chi connectivity index (χ3n) is 5.19. The number of aryl methyl sites for hydroxylation is 1. The second-order valence-electron chi connectivity index (χ2n) is 7.06. The zero-order valence-corrected chi connectivity index (χ0v) is 14.9. The first kappa shape index (κ1) is 17.0. The number of hydrogen-bond acceptors (Lipinski definition) is 3. The standard InChI is InChI=1S/C18H28N4O2/c1-4-9-21(12-13-6-7-13)18(24)14-11-15(23)22(5-2)16(14)17-19-8-10-20(17)3/h8,10,13-14,16H,4-7,9,11-12H2,1-3H3/t14-,16-/m0/s1. The average molecular weight is 332 g/mol. The monoisotopic (exact) mass is 332 g/mol. The van der Waals surface area contributed by atoms with E-state index in [0.29, 0.717) is 18.9 Å². The Balaban J connectivity index is 1.86. The van der Waals surface area contributed by atoms with Gasteiger partial charge in [0.1, 0.15) is 11.9 Å². The molecule has 2 amide bonds. The Morgan fingerprint density at radius 2 is 2.12 bits per heavy atom. The molecule has 0 spiro atoms. The van der Waals surface area contributed by atoms with Gasteiger partial charge in [-0.2, -0.15) is 0 Å². The van der Waals surface area contributed by atoms with Gasteiger partial charge >= 0.3 is 0 Å². The van der Waals surface area contributed by atoms with Gasteiger partial charge in [0.25, 0.3) is 0 Å². The van der Waals surface area contributed by atoms with Crippen molar-refractivity contribution in [2.45, 2.75) is 45.6 Å². The lowest BCUT2D eigenvalue weighted by molar-refractivity contribution is -0.137. The molecule has 2 fully saturated rings. The highest BCUT2D eigenvalue weighted by molar-refractivity contribution is 5.90. The van der Waals surface area contributed by atoms with E-state index in [4.69, 9.17) is 0 Å². The van der Waals surface area contributed by atoms with Crippen molar-refractivity contribution in [1.82, 2.24) is 19.4 Å². The number of amides is 2. The lowest BCUT2D eigenvalue weighted by atomic mass is 9.97. The average Bonchev–Trinajstić information content (AvgIpc) is 3.18. The van der Waals surface area contributed by atoms with E-state index >= 15 is 0 Å². The number of imidazole rings is 1. The molecule has 6 heteroatoms. The molecular formula is C18H28N4O2. The summed E-state index contributed by atoms with van der Waals surface area (Å²) in [6.07, 6.45) is 7.31. The van der Waals surface area contributed by atoms with Crippen LogP contribution in [0.5, 0.6) is 0 Å². The molecular weight excluding hydrogens is 304 g/mol. The zero-order chi connectivity index (χ0) is 17.3. The van der Waals surface area contributed by atoms with Crippen LogP contribution in [0.3, 0.4) is 0 Å². The van der Waals surface area contributed by atoms with Gasteiger partial charge in [0.2, 0.25) is 11.8 Å². The van der Waals surface area contributed by atoms with Gasteiger partial charge < -0.3 is 14.4 Å². The van der Waals surface area contributed by atoms with Crippen molar-refractivity contribution in [3.8, 4) is 0 Å². The van der Waals surface area contributed by atoms with Gasteiger partial charge in [0.15, 0.2) is 0 Å². The van der Waals surface area contributed by atoms with Gasteiger partial charge in [-0.05, 0) is 32.1 Å². The van der Waals surface area contributed by atoms with Crippen LogP contribution in [0, 0.1) is 11.8 Å². The predicted molar refractivity (Wildman–Crippen MR) is 91.0 cm³/mol. The van der Waals surface area contributed by atoms with Crippen LogP contribution in [0.1, 0.15) is 51.4 Å². The largest absolute Gasteiger partial charge is 0.342 e. The van der Waals surface area contributed by atoms with E-state index in [1.807, 2.05) is 34.5 Å². The number of carbonyl (C=O) groups is 2. The highest BCUT2D eigenvalue weighted by atomic mass is 16.2. The summed E-state index contributed by atoms with van der Waals surface area (Å²) in [7, 11) is 1.93. The smallest absolute Gasteiger partial charge is 0.228 e. The molecule has 2 aliphatic rings. The van der Waals surface area contributed by atoms with Crippen LogP contribution in [-0.2, 0) is 16.6 Å². The van der Waals surface area contributed by atoms with E-state index in [1.54, 1.807) is 6.20 Å². The fraction of sp³-hybridized carbons (Fsp3) is 0.722. The molecule has 0 radical (unpaired) electrons. The molecule has 2 atom stereocenters. The van der Waals surface area contributed by atoms with Gasteiger partial charge in [-0.3, -0.25) is 9.59 Å². The maximum Gasteiger partial charge on any atom is 0.228 e. The second-order valence-corrected chi connectivity index (χ2v) is 7.06. The fourth-order valence-corrected chi connectivity index (χ4v) is 3.77. The van der Waals surface area contributed by atoms with Gasteiger partial charge in [0.05, 0.1) is 5.92 Å². The third-order valence-corrected chi connectivity index (χ3v) is 5.19. The van der Waals surface area contributed by atoms with Crippen LogP contribution in [0.4, 0.5) is 0 Å². The number of nitrogens with zero attached hydrogens (tertiary/aromatic N) is 4. The molecule has 0 unspecified atom stereocenters. The summed E-state index contributed by atoms with van der Waals surface area (Å²) < 4.78 is 1.93. The molecule has 1 saturated carbocycles. The Hall–Kier alpha value is -1.85. The van der Waals surface area contributed by atoms with Crippen LogP contribution in [0.25, 0.3) is 0 Å². The Morgan fingerprint density at radius 1 is 1.38 bits per heavy atom. The predicted octanol–water partition coefficient (Wildman–Crippen LogP) is 1.98. The molecule has 0 aromatic carbocycles. The summed E-state index contributed by atoms with van der Waals surface area (Å²) in [6, 6.07) is -0.242. The van der Waals surface area contributed by atoms with Crippen molar-refractivity contribution in [2.75, 3.05) is 19.6 Å². The first-order valence-electron chi connectivity index (χ1n) is 9.12. The minimum Gasteiger partial charge on any atom is -0.342 e. The molecule has 2 heterocycles. The molecule has 1 aliphatic heterocycles. The van der Waals surface area contributed by atoms with Crippen LogP contribution in [-0.4, -0.2) is 50.8 Å². The van der Waals surface area contributed by atoms with Crippen molar-refractivity contribution >= 4 is 11.8 Å². The van der Waals surface area contributed by atoms with Crippen LogP contribution in [0.2, 0.25) is 0 Å². The van der Waals surface area contributed by atoms with Crippen LogP contribution in [0.15, 0.2) is 12.4 Å². The first-order valence-corrected chi connectivity index (χ1v) is 9.12. The number of likely N-dealkylation sites (tertiary alicyclic amines) is 1. The molecule has 132 valence electrons. The molecule has 1 aromatic rings. The SMILES string of the molecule is CCCN(CC1CC1)C(=O)[C@H]1CC(=O)N(CC)[C@@H]1c1nccn1C. The van der Waals surface area contributed by atoms with E-state index in [1.165, 1.54) is 12.8 Å². The topological polar surface area (TPSA) is 58.4 Å². The molecule has 24 heavy (non-hydrogen) atoms. The molecule has 6 nitrogen and oxygen atoms in total. The highest BCUT2D eigenvalue weighted by Gasteiger charge is 2.47. The quantitative estimate of drug-likeness (QED) is 0.767. The minimum absolute atomic E-state index is 0.0618. The minimum atomic E-state index is -0.316. The third kappa shape index (κ3) is 3.19. The maximum absolute atomic E-state index is 13.2. The van der Waals surface area contributed by atoms with Crippen molar-refractivity contribution < 1.29 is 9.59 Å². The fourth-order valence-electron chi connectivity index (χ4n) is 3.77. The molecule has 0 bridgehead atoms. The molecule has 1 aromatic heterocycles. The second kappa shape index (κ2) is 6.95. The van der Waals surface area contributed by atoms with Crippen molar-refractivity contribution in [3.05, 3.63) is 18.2 Å². The summed E-state index contributed by atoms with van der Waals surface area (Å²) in [5.74, 6) is 1.34. The summed E-state index contributed by atoms with van der Waals surface area (Å²) in [5, 5.41) is 0. The van der Waals surface area contributed by atoms with Crippen molar-refractivity contribution in [2.24, 2.45) is 18.9 Å². The van der Waals surface area contributed by atoms with Crippen LogP contribution < -0.4 is 0 Å². The van der Waals surface area contributed by atoms with Gasteiger partial charge in [-0.1, -0.05) is 6.92 Å². The Bertz CT molecular complexity index is 608. The Morgan fingerprint density at radius 3 is 2.67 bits per heavy atom. The highest BCUT2D eigenvalue weighted by Crippen LogP contribution is 2.39. The zero-order valence-electron chi connectivity index (χ0n) is 14.9. The summed E-state index contributed by atoms with van der Waals surface area (Å²) >= 11 is 0. The lowest BCUT2D eigenvalue weighted by Crippen LogP contribution is -2.41.